The van der Waals surface area contributed by atoms with Crippen LogP contribution in [0.2, 0.25) is 0 Å². The standard InChI is InChI=1S/C24H23N5O5S/c30-24(17-29-22-9-5-4-8-20(22)26-27-29)25-21-16-19(35(31,32)28-12-14-33-15-13-28)10-11-23(21)34-18-6-2-1-3-7-18/h1-11,16H,12-15,17H2,(H,25,30). The van der Waals surface area contributed by atoms with Crippen LogP contribution in [-0.4, -0.2) is 59.9 Å². The second kappa shape index (κ2) is 9.82. The predicted octanol–water partition coefficient (Wildman–Crippen LogP) is 2.88. The number of benzene rings is 3. The molecule has 1 aliphatic rings. The van der Waals surface area contributed by atoms with Gasteiger partial charge in [-0.2, -0.15) is 4.31 Å². The SMILES string of the molecule is O=C(Cn1nnc2ccccc21)Nc1cc(S(=O)(=O)N2CCOCC2)ccc1Oc1ccccc1. The van der Waals surface area contributed by atoms with Crippen molar-refractivity contribution in [3.05, 3.63) is 72.8 Å². The van der Waals surface area contributed by atoms with Crippen LogP contribution in [0.15, 0.2) is 77.7 Å². The molecular formula is C24H23N5O5S. The van der Waals surface area contributed by atoms with E-state index in [1.165, 1.54) is 21.1 Å². The largest absolute Gasteiger partial charge is 0.455 e. The van der Waals surface area contributed by atoms with Gasteiger partial charge in [0.15, 0.2) is 5.75 Å². The zero-order chi connectivity index (χ0) is 24.3. The number of nitrogens with one attached hydrogen (secondary N) is 1. The van der Waals surface area contributed by atoms with E-state index >= 15 is 0 Å². The molecule has 1 aliphatic heterocycles. The molecule has 1 saturated heterocycles. The van der Waals surface area contributed by atoms with Crippen molar-refractivity contribution in [3.8, 4) is 11.5 Å². The number of carbonyl (C=O) groups is 1. The van der Waals surface area contributed by atoms with E-state index in [1.807, 2.05) is 42.5 Å². The molecule has 1 fully saturated rings. The lowest BCUT2D eigenvalue weighted by Crippen LogP contribution is -2.40. The summed E-state index contributed by atoms with van der Waals surface area (Å²) >= 11 is 0. The zero-order valence-electron chi connectivity index (χ0n) is 18.7. The summed E-state index contributed by atoms with van der Waals surface area (Å²) in [5, 5.41) is 10.9. The first-order valence-electron chi connectivity index (χ1n) is 11.0. The maximum Gasteiger partial charge on any atom is 0.246 e. The van der Waals surface area contributed by atoms with E-state index in [9.17, 15) is 13.2 Å². The molecule has 11 heteroatoms. The number of morpholine rings is 1. The number of rotatable bonds is 7. The smallest absolute Gasteiger partial charge is 0.246 e. The number of aromatic nitrogens is 3. The third-order valence-electron chi connectivity index (χ3n) is 5.52. The fourth-order valence-corrected chi connectivity index (χ4v) is 5.20. The summed E-state index contributed by atoms with van der Waals surface area (Å²) in [5.74, 6) is 0.461. The Morgan fingerprint density at radius 2 is 1.74 bits per heavy atom. The zero-order valence-corrected chi connectivity index (χ0v) is 19.5. The molecule has 3 aromatic carbocycles. The molecule has 0 aliphatic carbocycles. The van der Waals surface area contributed by atoms with Crippen LogP contribution in [0.4, 0.5) is 5.69 Å². The van der Waals surface area contributed by atoms with Crippen molar-refractivity contribution in [3.63, 3.8) is 0 Å². The van der Waals surface area contributed by atoms with Crippen molar-refractivity contribution in [1.29, 1.82) is 0 Å². The number of hydrogen-bond donors (Lipinski definition) is 1. The molecule has 2 heterocycles. The third-order valence-corrected chi connectivity index (χ3v) is 7.41. The minimum atomic E-state index is -3.77. The molecular weight excluding hydrogens is 470 g/mol. The second-order valence-electron chi connectivity index (χ2n) is 7.87. The fourth-order valence-electron chi connectivity index (χ4n) is 3.77. The number of anilines is 1. The topological polar surface area (TPSA) is 116 Å². The Balaban J connectivity index is 1.44. The van der Waals surface area contributed by atoms with Crippen LogP contribution in [-0.2, 0) is 26.1 Å². The Morgan fingerprint density at radius 1 is 1.00 bits per heavy atom. The normalized spacial score (nSPS) is 14.6. The Kier molecular flexibility index (Phi) is 6.45. The van der Waals surface area contributed by atoms with E-state index in [1.54, 1.807) is 18.2 Å². The lowest BCUT2D eigenvalue weighted by molar-refractivity contribution is -0.116. The molecule has 4 aromatic rings. The average Bonchev–Trinajstić information content (AvgIpc) is 3.29. The van der Waals surface area contributed by atoms with Crippen LogP contribution in [0, 0.1) is 0 Å². The minimum absolute atomic E-state index is 0.0568. The highest BCUT2D eigenvalue weighted by Crippen LogP contribution is 2.33. The van der Waals surface area contributed by atoms with Crippen LogP contribution in [0.5, 0.6) is 11.5 Å². The monoisotopic (exact) mass is 493 g/mol. The Bertz CT molecular complexity index is 1450. The van der Waals surface area contributed by atoms with Crippen LogP contribution in [0.25, 0.3) is 11.0 Å². The van der Waals surface area contributed by atoms with Gasteiger partial charge in [-0.1, -0.05) is 35.5 Å². The summed E-state index contributed by atoms with van der Waals surface area (Å²) in [6.07, 6.45) is 0. The summed E-state index contributed by atoms with van der Waals surface area (Å²) < 4.78 is 40.5. The van der Waals surface area contributed by atoms with E-state index in [0.717, 1.165) is 0 Å². The molecule has 0 saturated carbocycles. The van der Waals surface area contributed by atoms with Crippen molar-refractivity contribution in [1.82, 2.24) is 19.3 Å². The van der Waals surface area contributed by atoms with E-state index in [2.05, 4.69) is 15.6 Å². The third kappa shape index (κ3) is 5.02. The van der Waals surface area contributed by atoms with Gasteiger partial charge in [-0.25, -0.2) is 13.1 Å². The number of amides is 1. The van der Waals surface area contributed by atoms with Gasteiger partial charge in [-0.3, -0.25) is 4.79 Å². The molecule has 180 valence electrons. The van der Waals surface area contributed by atoms with Crippen LogP contribution >= 0.6 is 0 Å². The molecule has 0 radical (unpaired) electrons. The molecule has 35 heavy (non-hydrogen) atoms. The number of para-hydroxylation sites is 2. The van der Waals surface area contributed by atoms with E-state index in [0.29, 0.717) is 35.7 Å². The summed E-state index contributed by atoms with van der Waals surface area (Å²) in [7, 11) is -3.77. The molecule has 0 spiro atoms. The van der Waals surface area contributed by atoms with Crippen molar-refractivity contribution >= 4 is 32.7 Å². The number of nitrogens with zero attached hydrogens (tertiary/aromatic N) is 4. The van der Waals surface area contributed by atoms with Crippen LogP contribution in [0.3, 0.4) is 0 Å². The van der Waals surface area contributed by atoms with Gasteiger partial charge in [0.05, 0.1) is 29.3 Å². The van der Waals surface area contributed by atoms with Gasteiger partial charge < -0.3 is 14.8 Å². The summed E-state index contributed by atoms with van der Waals surface area (Å²) in [4.78, 5) is 13.0. The average molecular weight is 494 g/mol. The summed E-state index contributed by atoms with van der Waals surface area (Å²) in [6.45, 7) is 1.11. The van der Waals surface area contributed by atoms with Crippen molar-refractivity contribution < 1.29 is 22.7 Å². The van der Waals surface area contributed by atoms with Gasteiger partial charge in [0, 0.05) is 13.1 Å². The molecule has 5 rings (SSSR count). The summed E-state index contributed by atoms with van der Waals surface area (Å²) in [5.41, 5.74) is 1.62. The van der Waals surface area contributed by atoms with E-state index in [4.69, 9.17) is 9.47 Å². The molecule has 10 nitrogen and oxygen atoms in total. The molecule has 0 atom stereocenters. The number of carbonyl (C=O) groups excluding carboxylic acids is 1. The van der Waals surface area contributed by atoms with Crippen molar-refractivity contribution in [2.75, 3.05) is 31.6 Å². The maximum absolute atomic E-state index is 13.2. The van der Waals surface area contributed by atoms with Crippen molar-refractivity contribution in [2.45, 2.75) is 11.4 Å². The molecule has 1 aromatic heterocycles. The van der Waals surface area contributed by atoms with Gasteiger partial charge in [0.1, 0.15) is 17.8 Å². The fraction of sp³-hybridized carbons (Fsp3) is 0.208. The first-order valence-corrected chi connectivity index (χ1v) is 12.5. The van der Waals surface area contributed by atoms with E-state index < -0.39 is 15.9 Å². The van der Waals surface area contributed by atoms with Gasteiger partial charge in [0.2, 0.25) is 15.9 Å². The number of fused-ring (bicyclic) bond motifs is 1. The molecule has 1 N–H and O–H groups in total. The molecule has 1 amide bonds. The minimum Gasteiger partial charge on any atom is -0.455 e. The molecule has 0 bridgehead atoms. The highest BCUT2D eigenvalue weighted by Gasteiger charge is 2.27. The van der Waals surface area contributed by atoms with Gasteiger partial charge >= 0.3 is 0 Å². The lowest BCUT2D eigenvalue weighted by atomic mass is 10.2. The molecule has 0 unspecified atom stereocenters. The lowest BCUT2D eigenvalue weighted by Gasteiger charge is -2.26. The van der Waals surface area contributed by atoms with Crippen LogP contribution < -0.4 is 10.1 Å². The number of hydrogen-bond acceptors (Lipinski definition) is 7. The van der Waals surface area contributed by atoms with Gasteiger partial charge in [-0.15, -0.1) is 5.10 Å². The summed E-state index contributed by atoms with van der Waals surface area (Å²) in [6, 6.07) is 20.8. The Morgan fingerprint density at radius 3 is 2.54 bits per heavy atom. The quantitative estimate of drug-likeness (QED) is 0.421. The Hall–Kier alpha value is -3.80. The first kappa shape index (κ1) is 23.0. The van der Waals surface area contributed by atoms with Crippen LogP contribution in [0.1, 0.15) is 0 Å². The predicted molar refractivity (Wildman–Crippen MR) is 129 cm³/mol. The van der Waals surface area contributed by atoms with E-state index in [-0.39, 0.29) is 30.2 Å². The number of sulfonamides is 1. The second-order valence-corrected chi connectivity index (χ2v) is 9.81. The van der Waals surface area contributed by atoms with Crippen molar-refractivity contribution in [2.24, 2.45) is 0 Å². The number of ether oxygens (including phenoxy) is 2. The Labute approximate surface area is 202 Å². The van der Waals surface area contributed by atoms with Gasteiger partial charge in [-0.05, 0) is 42.5 Å². The highest BCUT2D eigenvalue weighted by molar-refractivity contribution is 7.89. The maximum atomic E-state index is 13.2. The highest BCUT2D eigenvalue weighted by atomic mass is 32.2. The first-order chi connectivity index (χ1) is 17.0. The van der Waals surface area contributed by atoms with Gasteiger partial charge in [0.25, 0.3) is 0 Å².